The number of amides is 1. The van der Waals surface area contributed by atoms with E-state index in [4.69, 9.17) is 8.83 Å². The highest BCUT2D eigenvalue weighted by molar-refractivity contribution is 7.99. The minimum Gasteiger partial charge on any atom is -0.467 e. The van der Waals surface area contributed by atoms with Crippen molar-refractivity contribution in [3.05, 3.63) is 78.8 Å². The molecule has 1 saturated carbocycles. The highest BCUT2D eigenvalue weighted by atomic mass is 32.2. The van der Waals surface area contributed by atoms with Gasteiger partial charge in [0.25, 0.3) is 5.91 Å². The van der Waals surface area contributed by atoms with E-state index < -0.39 is 0 Å². The van der Waals surface area contributed by atoms with Crippen LogP contribution in [0.2, 0.25) is 0 Å². The van der Waals surface area contributed by atoms with Crippen LogP contribution in [0.3, 0.4) is 0 Å². The van der Waals surface area contributed by atoms with Crippen molar-refractivity contribution in [2.45, 2.75) is 36.5 Å². The first kappa shape index (κ1) is 21.3. The predicted octanol–water partition coefficient (Wildman–Crippen LogP) is 5.42. The van der Waals surface area contributed by atoms with Gasteiger partial charge < -0.3 is 13.8 Å². The summed E-state index contributed by atoms with van der Waals surface area (Å²) in [6.45, 7) is 0. The van der Waals surface area contributed by atoms with Crippen LogP contribution in [0.1, 0.15) is 42.9 Å². The molecule has 9 nitrogen and oxygen atoms in total. The Morgan fingerprint density at radius 2 is 1.92 bits per heavy atom. The Kier molecular flexibility index (Phi) is 5.05. The normalized spacial score (nSPS) is 17.7. The van der Waals surface area contributed by atoms with Crippen molar-refractivity contribution in [3.8, 4) is 11.4 Å². The van der Waals surface area contributed by atoms with Crippen LogP contribution < -0.4 is 0 Å². The lowest BCUT2D eigenvalue weighted by molar-refractivity contribution is -0.130. The average Bonchev–Trinajstić information content (AvgIpc) is 3.50. The number of fused-ring (bicyclic) bond motifs is 1. The van der Waals surface area contributed by atoms with Gasteiger partial charge in [-0.15, -0.1) is 10.2 Å². The molecular formula is C26H22N6O3S. The molecule has 4 aromatic heterocycles. The molecule has 1 amide bonds. The summed E-state index contributed by atoms with van der Waals surface area (Å²) >= 11 is 1.40. The number of thioether (sulfide) groups is 1. The first-order valence-electron chi connectivity index (χ1n) is 11.9. The van der Waals surface area contributed by atoms with Gasteiger partial charge in [-0.1, -0.05) is 30.0 Å². The maximum Gasteiger partial charge on any atom is 0.253 e. The fraction of sp³-hybridized carbons (Fsp3) is 0.231. The molecule has 0 saturated heterocycles. The topological polar surface area (TPSA) is 105 Å². The second-order valence-electron chi connectivity index (χ2n) is 8.94. The molecule has 1 atom stereocenters. The minimum atomic E-state index is -0.309. The van der Waals surface area contributed by atoms with Crippen LogP contribution in [0, 0.1) is 0 Å². The van der Waals surface area contributed by atoms with Gasteiger partial charge in [0.2, 0.25) is 0 Å². The molecule has 1 N–H and O–H groups in total. The zero-order valence-corrected chi connectivity index (χ0v) is 20.0. The van der Waals surface area contributed by atoms with Crippen molar-refractivity contribution >= 4 is 34.3 Å². The van der Waals surface area contributed by atoms with Crippen LogP contribution in [0.25, 0.3) is 22.3 Å². The number of rotatable bonds is 7. The zero-order chi connectivity index (χ0) is 24.1. The van der Waals surface area contributed by atoms with Crippen LogP contribution in [0.15, 0.2) is 86.3 Å². The molecule has 5 heterocycles. The standard InChI is InChI=1S/C26H22N6O3S/c33-24(32-21(23-8-4-12-35-23)13-20(30-32)22-7-3-11-34-22)15-36-26-29-28-25(31(26)16-9-10-16)18-14-27-19-6-2-1-5-17(18)19/h1-8,11-12,14,16,21,27H,9-10,13,15H2. The molecular weight excluding hydrogens is 476 g/mol. The lowest BCUT2D eigenvalue weighted by Gasteiger charge is -2.19. The Bertz CT molecular complexity index is 1560. The van der Waals surface area contributed by atoms with E-state index in [9.17, 15) is 4.79 Å². The number of para-hydroxylation sites is 1. The molecule has 0 spiro atoms. The van der Waals surface area contributed by atoms with E-state index in [0.29, 0.717) is 24.0 Å². The number of benzene rings is 1. The molecule has 7 rings (SSSR count). The zero-order valence-electron chi connectivity index (χ0n) is 19.2. The number of carbonyl (C=O) groups excluding carboxylic acids is 1. The summed E-state index contributed by atoms with van der Waals surface area (Å²) in [5.74, 6) is 2.25. The van der Waals surface area contributed by atoms with Gasteiger partial charge in [-0.2, -0.15) is 5.10 Å². The molecule has 2 aliphatic rings. The number of aromatic nitrogens is 4. The summed E-state index contributed by atoms with van der Waals surface area (Å²) < 4.78 is 13.3. The van der Waals surface area contributed by atoms with Crippen LogP contribution >= 0.6 is 11.8 Å². The van der Waals surface area contributed by atoms with Gasteiger partial charge in [-0.05, 0) is 43.2 Å². The molecule has 36 heavy (non-hydrogen) atoms. The fourth-order valence-corrected chi connectivity index (χ4v) is 5.56. The van der Waals surface area contributed by atoms with E-state index in [-0.39, 0.29) is 17.7 Å². The number of hydrazone groups is 1. The van der Waals surface area contributed by atoms with Gasteiger partial charge in [0.15, 0.2) is 11.0 Å². The number of H-pyrrole nitrogens is 1. The van der Waals surface area contributed by atoms with E-state index in [2.05, 4.69) is 30.9 Å². The predicted molar refractivity (Wildman–Crippen MR) is 134 cm³/mol. The number of nitrogens with zero attached hydrogens (tertiary/aromatic N) is 5. The van der Waals surface area contributed by atoms with Crippen molar-refractivity contribution in [2.75, 3.05) is 5.75 Å². The van der Waals surface area contributed by atoms with Gasteiger partial charge >= 0.3 is 0 Å². The van der Waals surface area contributed by atoms with Gasteiger partial charge in [0, 0.05) is 35.1 Å². The Morgan fingerprint density at radius 1 is 1.06 bits per heavy atom. The number of furan rings is 2. The first-order chi connectivity index (χ1) is 17.8. The molecule has 180 valence electrons. The van der Waals surface area contributed by atoms with E-state index in [1.807, 2.05) is 48.7 Å². The second-order valence-corrected chi connectivity index (χ2v) is 9.88. The minimum absolute atomic E-state index is 0.123. The summed E-state index contributed by atoms with van der Waals surface area (Å²) in [6.07, 6.45) is 7.89. The van der Waals surface area contributed by atoms with E-state index in [1.165, 1.54) is 16.8 Å². The van der Waals surface area contributed by atoms with Crippen molar-refractivity contribution in [1.82, 2.24) is 24.8 Å². The number of hydrogen-bond acceptors (Lipinski definition) is 7. The summed E-state index contributed by atoms with van der Waals surface area (Å²) in [5, 5.41) is 17.0. The third kappa shape index (κ3) is 3.65. The third-order valence-corrected chi connectivity index (χ3v) is 7.50. The highest BCUT2D eigenvalue weighted by Gasteiger charge is 2.36. The molecule has 0 bridgehead atoms. The summed E-state index contributed by atoms with van der Waals surface area (Å²) in [5.41, 5.74) is 2.81. The lowest BCUT2D eigenvalue weighted by atomic mass is 10.1. The Balaban J connectivity index is 1.16. The van der Waals surface area contributed by atoms with Crippen molar-refractivity contribution in [2.24, 2.45) is 5.10 Å². The summed E-state index contributed by atoms with van der Waals surface area (Å²) in [6, 6.07) is 15.6. The first-order valence-corrected chi connectivity index (χ1v) is 12.9. The molecule has 1 aromatic carbocycles. The van der Waals surface area contributed by atoms with Crippen molar-refractivity contribution in [1.29, 1.82) is 0 Å². The van der Waals surface area contributed by atoms with Crippen molar-refractivity contribution < 1.29 is 13.6 Å². The number of nitrogens with one attached hydrogen (secondary N) is 1. The maximum atomic E-state index is 13.4. The number of aromatic amines is 1. The third-order valence-electron chi connectivity index (χ3n) is 6.57. The quantitative estimate of drug-likeness (QED) is 0.301. The van der Waals surface area contributed by atoms with Crippen LogP contribution in [0.5, 0.6) is 0 Å². The SMILES string of the molecule is O=C(CSc1nnc(-c2c[nH]c3ccccc23)n1C1CC1)N1N=C(c2ccco2)CC1c1ccco1. The second kappa shape index (κ2) is 8.56. The van der Waals surface area contributed by atoms with Gasteiger partial charge in [-0.3, -0.25) is 9.36 Å². The van der Waals surface area contributed by atoms with Gasteiger partial charge in [-0.25, -0.2) is 5.01 Å². The van der Waals surface area contributed by atoms with Crippen molar-refractivity contribution in [3.63, 3.8) is 0 Å². The maximum absolute atomic E-state index is 13.4. The van der Waals surface area contributed by atoms with E-state index in [0.717, 1.165) is 46.0 Å². The Hall–Kier alpha value is -4.05. The average molecular weight is 499 g/mol. The van der Waals surface area contributed by atoms with Crippen LogP contribution in [0.4, 0.5) is 0 Å². The fourth-order valence-electron chi connectivity index (χ4n) is 4.70. The van der Waals surface area contributed by atoms with Gasteiger partial charge in [0.05, 0.1) is 18.3 Å². The molecule has 1 fully saturated rings. The molecule has 1 aliphatic carbocycles. The molecule has 0 radical (unpaired) electrons. The number of hydrogen-bond donors (Lipinski definition) is 1. The van der Waals surface area contributed by atoms with E-state index >= 15 is 0 Å². The largest absolute Gasteiger partial charge is 0.467 e. The number of carbonyl (C=O) groups is 1. The Labute approximate surface area is 210 Å². The Morgan fingerprint density at radius 3 is 2.72 bits per heavy atom. The molecule has 5 aromatic rings. The van der Waals surface area contributed by atoms with Crippen LogP contribution in [-0.4, -0.2) is 42.1 Å². The van der Waals surface area contributed by atoms with Gasteiger partial charge in [0.1, 0.15) is 23.3 Å². The van der Waals surface area contributed by atoms with E-state index in [1.54, 1.807) is 12.5 Å². The monoisotopic (exact) mass is 498 g/mol. The highest BCUT2D eigenvalue weighted by Crippen LogP contribution is 2.42. The van der Waals surface area contributed by atoms with Crippen LogP contribution in [-0.2, 0) is 4.79 Å². The summed E-state index contributed by atoms with van der Waals surface area (Å²) in [4.78, 5) is 16.7. The lowest BCUT2D eigenvalue weighted by Crippen LogP contribution is -2.28. The smallest absolute Gasteiger partial charge is 0.253 e. The summed E-state index contributed by atoms with van der Waals surface area (Å²) in [7, 11) is 0. The molecule has 10 heteroatoms. The molecule has 1 aliphatic heterocycles. The molecule has 1 unspecified atom stereocenters.